The number of nitrogens with zero attached hydrogens (tertiary/aromatic N) is 1. The molecule has 0 saturated heterocycles. The van der Waals surface area contributed by atoms with Crippen LogP contribution in [0.5, 0.6) is 0 Å². The molecule has 0 radical (unpaired) electrons. The Hall–Kier alpha value is -2.36. The van der Waals surface area contributed by atoms with Gasteiger partial charge in [0.25, 0.3) is 5.56 Å². The zero-order chi connectivity index (χ0) is 12.4. The van der Waals surface area contributed by atoms with Gasteiger partial charge >= 0.3 is 5.97 Å². The van der Waals surface area contributed by atoms with E-state index < -0.39 is 5.97 Å². The number of carbonyl (C=O) groups is 1. The number of aromatic nitrogens is 1. The molecule has 0 spiro atoms. The molecule has 1 aromatic heterocycles. The summed E-state index contributed by atoms with van der Waals surface area (Å²) in [5, 5.41) is 8.89. The first kappa shape index (κ1) is 11.1. The minimum atomic E-state index is -0.976. The van der Waals surface area contributed by atoms with Crippen molar-refractivity contribution in [3.63, 3.8) is 0 Å². The molecule has 0 atom stereocenters. The fourth-order valence-corrected chi connectivity index (χ4v) is 1.56. The number of carboxylic acids is 1. The Bertz CT molecular complexity index is 629. The molecule has 0 bridgehead atoms. The molecule has 4 heteroatoms. The van der Waals surface area contributed by atoms with E-state index in [2.05, 4.69) is 0 Å². The van der Waals surface area contributed by atoms with Crippen molar-refractivity contribution in [2.45, 2.75) is 0 Å². The molecule has 0 unspecified atom stereocenters. The SMILES string of the molecule is Cn1ccc(-c2cccc(C(=O)O)c2)cc1=O. The average Bonchev–Trinajstić information content (AvgIpc) is 2.33. The lowest BCUT2D eigenvalue weighted by Crippen LogP contribution is -2.14. The highest BCUT2D eigenvalue weighted by molar-refractivity contribution is 5.89. The Morgan fingerprint density at radius 2 is 1.88 bits per heavy atom. The van der Waals surface area contributed by atoms with E-state index in [9.17, 15) is 9.59 Å². The largest absolute Gasteiger partial charge is 0.478 e. The molecule has 1 N–H and O–H groups in total. The van der Waals surface area contributed by atoms with Crippen LogP contribution in [0.15, 0.2) is 47.4 Å². The van der Waals surface area contributed by atoms with Gasteiger partial charge in [-0.05, 0) is 29.3 Å². The van der Waals surface area contributed by atoms with Gasteiger partial charge in [0, 0.05) is 19.3 Å². The Kier molecular flexibility index (Phi) is 2.78. The lowest BCUT2D eigenvalue weighted by Gasteiger charge is -2.03. The highest BCUT2D eigenvalue weighted by Gasteiger charge is 2.05. The number of aryl methyl sites for hydroxylation is 1. The van der Waals surface area contributed by atoms with Crippen molar-refractivity contribution >= 4 is 5.97 Å². The normalized spacial score (nSPS) is 10.2. The summed E-state index contributed by atoms with van der Waals surface area (Å²) in [6.07, 6.45) is 1.66. The van der Waals surface area contributed by atoms with Gasteiger partial charge in [0.2, 0.25) is 0 Å². The van der Waals surface area contributed by atoms with E-state index in [1.807, 2.05) is 0 Å². The molecular weight excluding hydrogens is 218 g/mol. The van der Waals surface area contributed by atoms with Crippen LogP contribution < -0.4 is 5.56 Å². The average molecular weight is 229 g/mol. The van der Waals surface area contributed by atoms with Crippen LogP contribution in [-0.2, 0) is 7.05 Å². The molecule has 2 aromatic rings. The minimum Gasteiger partial charge on any atom is -0.478 e. The van der Waals surface area contributed by atoms with Crippen LogP contribution in [0, 0.1) is 0 Å². The summed E-state index contributed by atoms with van der Waals surface area (Å²) >= 11 is 0. The Balaban J connectivity index is 2.53. The number of hydrogen-bond acceptors (Lipinski definition) is 2. The van der Waals surface area contributed by atoms with E-state index in [1.165, 1.54) is 16.7 Å². The van der Waals surface area contributed by atoms with Crippen molar-refractivity contribution in [1.29, 1.82) is 0 Å². The van der Waals surface area contributed by atoms with Crippen LogP contribution in [0.4, 0.5) is 0 Å². The lowest BCUT2D eigenvalue weighted by molar-refractivity contribution is 0.0697. The maximum Gasteiger partial charge on any atom is 0.335 e. The first-order valence-electron chi connectivity index (χ1n) is 5.08. The number of aromatic carboxylic acids is 1. The van der Waals surface area contributed by atoms with Gasteiger partial charge in [-0.25, -0.2) is 4.79 Å². The van der Waals surface area contributed by atoms with Crippen molar-refractivity contribution in [2.75, 3.05) is 0 Å². The van der Waals surface area contributed by atoms with Crippen LogP contribution >= 0.6 is 0 Å². The van der Waals surface area contributed by atoms with Gasteiger partial charge in [-0.3, -0.25) is 4.79 Å². The maximum absolute atomic E-state index is 11.5. The monoisotopic (exact) mass is 229 g/mol. The number of benzene rings is 1. The zero-order valence-corrected chi connectivity index (χ0v) is 9.25. The predicted octanol–water partition coefficient (Wildman–Crippen LogP) is 1.75. The molecule has 1 aromatic carbocycles. The van der Waals surface area contributed by atoms with E-state index >= 15 is 0 Å². The first-order chi connectivity index (χ1) is 8.08. The first-order valence-corrected chi connectivity index (χ1v) is 5.08. The van der Waals surface area contributed by atoms with Gasteiger partial charge in [-0.15, -0.1) is 0 Å². The fraction of sp³-hybridized carbons (Fsp3) is 0.0769. The molecule has 2 rings (SSSR count). The molecule has 0 aliphatic heterocycles. The summed E-state index contributed by atoms with van der Waals surface area (Å²) < 4.78 is 1.46. The second-order valence-corrected chi connectivity index (χ2v) is 3.75. The van der Waals surface area contributed by atoms with Crippen molar-refractivity contribution in [3.05, 3.63) is 58.5 Å². The molecule has 0 aliphatic carbocycles. The molecule has 0 saturated carbocycles. The summed E-state index contributed by atoms with van der Waals surface area (Å²) in [6.45, 7) is 0. The molecule has 4 nitrogen and oxygen atoms in total. The second-order valence-electron chi connectivity index (χ2n) is 3.75. The predicted molar refractivity (Wildman–Crippen MR) is 64.1 cm³/mol. The third-order valence-corrected chi connectivity index (χ3v) is 2.55. The fourth-order valence-electron chi connectivity index (χ4n) is 1.56. The maximum atomic E-state index is 11.5. The molecule has 1 heterocycles. The summed E-state index contributed by atoms with van der Waals surface area (Å²) in [6, 6.07) is 9.78. The van der Waals surface area contributed by atoms with Gasteiger partial charge in [0.15, 0.2) is 0 Å². The Morgan fingerprint density at radius 3 is 2.53 bits per heavy atom. The summed E-state index contributed by atoms with van der Waals surface area (Å²) in [5.41, 5.74) is 1.53. The summed E-state index contributed by atoms with van der Waals surface area (Å²) in [4.78, 5) is 22.3. The Labute approximate surface area is 97.8 Å². The van der Waals surface area contributed by atoms with E-state index in [0.717, 1.165) is 11.1 Å². The van der Waals surface area contributed by atoms with Gasteiger partial charge in [-0.2, -0.15) is 0 Å². The zero-order valence-electron chi connectivity index (χ0n) is 9.25. The van der Waals surface area contributed by atoms with Crippen LogP contribution in [0.1, 0.15) is 10.4 Å². The van der Waals surface area contributed by atoms with E-state index in [-0.39, 0.29) is 11.1 Å². The number of hydrogen-bond donors (Lipinski definition) is 1. The highest BCUT2D eigenvalue weighted by atomic mass is 16.4. The van der Waals surface area contributed by atoms with Gasteiger partial charge in [-0.1, -0.05) is 12.1 Å². The molecule has 0 fully saturated rings. The smallest absolute Gasteiger partial charge is 0.335 e. The van der Waals surface area contributed by atoms with Gasteiger partial charge < -0.3 is 9.67 Å². The highest BCUT2D eigenvalue weighted by Crippen LogP contribution is 2.18. The quantitative estimate of drug-likeness (QED) is 0.853. The van der Waals surface area contributed by atoms with Crippen LogP contribution in [-0.4, -0.2) is 15.6 Å². The number of rotatable bonds is 2. The van der Waals surface area contributed by atoms with Gasteiger partial charge in [0.05, 0.1) is 5.56 Å². The van der Waals surface area contributed by atoms with E-state index in [0.29, 0.717) is 0 Å². The van der Waals surface area contributed by atoms with Crippen molar-refractivity contribution < 1.29 is 9.90 Å². The van der Waals surface area contributed by atoms with Crippen LogP contribution in [0.25, 0.3) is 11.1 Å². The molecule has 0 aliphatic rings. The standard InChI is InChI=1S/C13H11NO3/c1-14-6-5-10(8-12(14)15)9-3-2-4-11(7-9)13(16)17/h2-8H,1H3,(H,16,17). The number of pyridine rings is 1. The van der Waals surface area contributed by atoms with Crippen LogP contribution in [0.3, 0.4) is 0 Å². The summed E-state index contributed by atoms with van der Waals surface area (Å²) in [5.74, 6) is -0.976. The number of carboxylic acid groups (broad SMARTS) is 1. The summed E-state index contributed by atoms with van der Waals surface area (Å²) in [7, 11) is 1.67. The van der Waals surface area contributed by atoms with Crippen LogP contribution in [0.2, 0.25) is 0 Å². The van der Waals surface area contributed by atoms with Crippen molar-refractivity contribution in [1.82, 2.24) is 4.57 Å². The second kappa shape index (κ2) is 4.25. The lowest BCUT2D eigenvalue weighted by atomic mass is 10.0. The molecule has 86 valence electrons. The third-order valence-electron chi connectivity index (χ3n) is 2.55. The minimum absolute atomic E-state index is 0.122. The van der Waals surface area contributed by atoms with E-state index in [4.69, 9.17) is 5.11 Å². The molecule has 17 heavy (non-hydrogen) atoms. The third kappa shape index (κ3) is 2.25. The molecule has 0 amide bonds. The molecular formula is C13H11NO3. The van der Waals surface area contributed by atoms with Gasteiger partial charge in [0.1, 0.15) is 0 Å². The van der Waals surface area contributed by atoms with Crippen molar-refractivity contribution in [2.24, 2.45) is 7.05 Å². The van der Waals surface area contributed by atoms with E-state index in [1.54, 1.807) is 37.5 Å². The Morgan fingerprint density at radius 1 is 1.18 bits per heavy atom. The topological polar surface area (TPSA) is 59.3 Å². The van der Waals surface area contributed by atoms with Crippen molar-refractivity contribution in [3.8, 4) is 11.1 Å².